The summed E-state index contributed by atoms with van der Waals surface area (Å²) in [4.78, 5) is 19.6. The van der Waals surface area contributed by atoms with Crippen LogP contribution < -0.4 is 9.47 Å². The van der Waals surface area contributed by atoms with Gasteiger partial charge in [0, 0.05) is 30.5 Å². The van der Waals surface area contributed by atoms with Crippen LogP contribution in [0, 0.1) is 0 Å². The zero-order valence-electron chi connectivity index (χ0n) is 16.9. The second-order valence-corrected chi connectivity index (χ2v) is 8.16. The first-order valence-corrected chi connectivity index (χ1v) is 10.7. The molecule has 0 radical (unpaired) electrons. The molecule has 8 heteroatoms. The number of ether oxygens (including phenoxy) is 2. The fraction of sp³-hybridized carbons (Fsp3) is 0.571. The van der Waals surface area contributed by atoms with E-state index < -0.39 is 0 Å². The molecule has 2 aliphatic rings. The molecule has 29 heavy (non-hydrogen) atoms. The second kappa shape index (κ2) is 8.61. The highest BCUT2D eigenvalue weighted by Gasteiger charge is 2.31. The van der Waals surface area contributed by atoms with Crippen molar-refractivity contribution in [1.29, 1.82) is 0 Å². The number of aromatic nitrogens is 3. The number of piperidine rings is 1. The average Bonchev–Trinajstić information content (AvgIpc) is 3.48. The van der Waals surface area contributed by atoms with Gasteiger partial charge in [0.05, 0.1) is 18.7 Å². The molecule has 2 fully saturated rings. The first-order chi connectivity index (χ1) is 14.1. The predicted molar refractivity (Wildman–Crippen MR) is 110 cm³/mol. The number of carbonyl (C=O) groups excluding carboxylic acids is 1. The summed E-state index contributed by atoms with van der Waals surface area (Å²) in [6, 6.07) is 3.38. The van der Waals surface area contributed by atoms with Crippen molar-refractivity contribution in [2.24, 2.45) is 0 Å². The van der Waals surface area contributed by atoms with Crippen LogP contribution in [0.5, 0.6) is 11.5 Å². The normalized spacial score (nSPS) is 17.4. The SMILES string of the molecule is CCCOc1c(Cl)cc(C(=O)N2CCC(c3nc(C4CC4)n[nH]3)CC2)cc1OC. The molecule has 0 spiro atoms. The molecule has 0 bridgehead atoms. The van der Waals surface area contributed by atoms with Crippen LogP contribution in [0.2, 0.25) is 5.02 Å². The van der Waals surface area contributed by atoms with Crippen molar-refractivity contribution in [3.63, 3.8) is 0 Å². The van der Waals surface area contributed by atoms with Crippen LogP contribution in [0.3, 0.4) is 0 Å². The summed E-state index contributed by atoms with van der Waals surface area (Å²) in [5.74, 6) is 3.71. The summed E-state index contributed by atoms with van der Waals surface area (Å²) >= 11 is 6.37. The topological polar surface area (TPSA) is 80.3 Å². The van der Waals surface area contributed by atoms with Crippen molar-refractivity contribution in [3.8, 4) is 11.5 Å². The van der Waals surface area contributed by atoms with Crippen LogP contribution in [-0.4, -0.2) is 52.8 Å². The minimum atomic E-state index is -0.0399. The van der Waals surface area contributed by atoms with E-state index in [1.807, 2.05) is 11.8 Å². The third-order valence-corrected chi connectivity index (χ3v) is 5.84. The lowest BCUT2D eigenvalue weighted by Gasteiger charge is -2.31. The van der Waals surface area contributed by atoms with E-state index in [0.29, 0.717) is 53.6 Å². The third-order valence-electron chi connectivity index (χ3n) is 5.56. The molecule has 1 saturated heterocycles. The Labute approximate surface area is 175 Å². The molecule has 2 aromatic rings. The Morgan fingerprint density at radius 3 is 2.66 bits per heavy atom. The summed E-state index contributed by atoms with van der Waals surface area (Å²) in [5, 5.41) is 7.86. The molecule has 1 aliphatic heterocycles. The van der Waals surface area contributed by atoms with Crippen molar-refractivity contribution in [2.75, 3.05) is 26.8 Å². The molecular formula is C21H27ClN4O3. The number of carbonyl (C=O) groups is 1. The quantitative estimate of drug-likeness (QED) is 0.730. The Balaban J connectivity index is 1.41. The van der Waals surface area contributed by atoms with Gasteiger partial charge in [-0.2, -0.15) is 5.10 Å². The van der Waals surface area contributed by atoms with Gasteiger partial charge in [-0.3, -0.25) is 9.89 Å². The van der Waals surface area contributed by atoms with Crippen LogP contribution in [0.25, 0.3) is 0 Å². The molecular weight excluding hydrogens is 392 g/mol. The van der Waals surface area contributed by atoms with Gasteiger partial charge in [0.15, 0.2) is 17.3 Å². The third kappa shape index (κ3) is 4.34. The van der Waals surface area contributed by atoms with Crippen LogP contribution in [0.4, 0.5) is 0 Å². The Morgan fingerprint density at radius 2 is 2.00 bits per heavy atom. The van der Waals surface area contributed by atoms with E-state index >= 15 is 0 Å². The van der Waals surface area contributed by atoms with Gasteiger partial charge < -0.3 is 14.4 Å². The van der Waals surface area contributed by atoms with Crippen molar-refractivity contribution in [3.05, 3.63) is 34.4 Å². The van der Waals surface area contributed by atoms with E-state index in [9.17, 15) is 4.79 Å². The van der Waals surface area contributed by atoms with Gasteiger partial charge in [-0.25, -0.2) is 4.98 Å². The molecule has 1 aliphatic carbocycles. The summed E-state index contributed by atoms with van der Waals surface area (Å²) in [5.41, 5.74) is 0.518. The molecule has 156 valence electrons. The van der Waals surface area contributed by atoms with Gasteiger partial charge >= 0.3 is 0 Å². The largest absolute Gasteiger partial charge is 0.493 e. The molecule has 7 nitrogen and oxygen atoms in total. The van der Waals surface area contributed by atoms with Gasteiger partial charge in [-0.15, -0.1) is 0 Å². The van der Waals surface area contributed by atoms with Gasteiger partial charge in [0.25, 0.3) is 5.91 Å². The van der Waals surface area contributed by atoms with E-state index in [1.165, 1.54) is 12.8 Å². The first-order valence-electron chi connectivity index (χ1n) is 10.3. The molecule has 1 aromatic carbocycles. The van der Waals surface area contributed by atoms with Crippen LogP contribution in [0.1, 0.15) is 72.9 Å². The molecule has 0 unspecified atom stereocenters. The van der Waals surface area contributed by atoms with E-state index in [1.54, 1.807) is 19.2 Å². The van der Waals surface area contributed by atoms with Crippen molar-refractivity contribution in [2.45, 2.75) is 50.9 Å². The number of nitrogens with one attached hydrogen (secondary N) is 1. The number of likely N-dealkylation sites (tertiary alicyclic amines) is 1. The molecule has 4 rings (SSSR count). The zero-order valence-corrected chi connectivity index (χ0v) is 17.7. The van der Waals surface area contributed by atoms with E-state index in [-0.39, 0.29) is 5.91 Å². The second-order valence-electron chi connectivity index (χ2n) is 7.76. The summed E-state index contributed by atoms with van der Waals surface area (Å²) in [6.07, 6.45) is 4.99. The average molecular weight is 419 g/mol. The number of halogens is 1. The van der Waals surface area contributed by atoms with E-state index in [2.05, 4.69) is 15.2 Å². The fourth-order valence-electron chi connectivity index (χ4n) is 3.72. The highest BCUT2D eigenvalue weighted by molar-refractivity contribution is 6.32. The summed E-state index contributed by atoms with van der Waals surface area (Å²) in [6.45, 7) is 3.92. The molecule has 1 saturated carbocycles. The predicted octanol–water partition coefficient (Wildman–Crippen LogP) is 4.15. The number of benzene rings is 1. The zero-order chi connectivity index (χ0) is 20.4. The van der Waals surface area contributed by atoms with Crippen LogP contribution >= 0.6 is 11.6 Å². The smallest absolute Gasteiger partial charge is 0.254 e. The Hall–Kier alpha value is -2.28. The van der Waals surface area contributed by atoms with Gasteiger partial charge in [0.2, 0.25) is 0 Å². The molecule has 0 atom stereocenters. The van der Waals surface area contributed by atoms with Crippen molar-refractivity contribution >= 4 is 17.5 Å². The number of aromatic amines is 1. The van der Waals surface area contributed by atoms with Gasteiger partial charge in [-0.05, 0) is 44.2 Å². The maximum Gasteiger partial charge on any atom is 0.254 e. The Bertz CT molecular complexity index is 873. The maximum absolute atomic E-state index is 13.0. The number of rotatable bonds is 7. The minimum absolute atomic E-state index is 0.0399. The molecule has 1 aromatic heterocycles. The Morgan fingerprint density at radius 1 is 1.24 bits per heavy atom. The fourth-order valence-corrected chi connectivity index (χ4v) is 3.99. The molecule has 2 heterocycles. The number of amides is 1. The molecule has 1 N–H and O–H groups in total. The van der Waals surface area contributed by atoms with Crippen LogP contribution in [0.15, 0.2) is 12.1 Å². The monoisotopic (exact) mass is 418 g/mol. The lowest BCUT2D eigenvalue weighted by molar-refractivity contribution is 0.0710. The number of hydrogen-bond acceptors (Lipinski definition) is 5. The number of H-pyrrole nitrogens is 1. The van der Waals surface area contributed by atoms with E-state index in [0.717, 1.165) is 30.9 Å². The standard InChI is InChI=1S/C21H27ClN4O3/c1-3-10-29-18-16(22)11-15(12-17(18)28-2)21(27)26-8-6-14(7-9-26)20-23-19(24-25-20)13-4-5-13/h11-14H,3-10H2,1-2H3,(H,23,24,25). The summed E-state index contributed by atoms with van der Waals surface area (Å²) < 4.78 is 11.1. The number of nitrogens with zero attached hydrogens (tertiary/aromatic N) is 3. The van der Waals surface area contributed by atoms with E-state index in [4.69, 9.17) is 21.1 Å². The first kappa shape index (κ1) is 20.0. The molecule has 1 amide bonds. The highest BCUT2D eigenvalue weighted by Crippen LogP contribution is 2.39. The Kier molecular flexibility index (Phi) is 5.94. The van der Waals surface area contributed by atoms with Gasteiger partial charge in [0.1, 0.15) is 5.82 Å². The maximum atomic E-state index is 13.0. The lowest BCUT2D eigenvalue weighted by atomic mass is 9.95. The van der Waals surface area contributed by atoms with Crippen molar-refractivity contribution in [1.82, 2.24) is 20.1 Å². The number of hydrogen-bond donors (Lipinski definition) is 1. The minimum Gasteiger partial charge on any atom is -0.493 e. The summed E-state index contributed by atoms with van der Waals surface area (Å²) in [7, 11) is 1.55. The highest BCUT2D eigenvalue weighted by atomic mass is 35.5. The lowest BCUT2D eigenvalue weighted by Crippen LogP contribution is -2.38. The van der Waals surface area contributed by atoms with Crippen LogP contribution in [-0.2, 0) is 0 Å². The van der Waals surface area contributed by atoms with Crippen molar-refractivity contribution < 1.29 is 14.3 Å². The number of methoxy groups -OCH3 is 1. The van der Waals surface area contributed by atoms with Gasteiger partial charge in [-0.1, -0.05) is 18.5 Å².